The zero-order valence-corrected chi connectivity index (χ0v) is 13.9. The molecule has 1 heterocycles. The molecule has 1 aliphatic heterocycles. The largest absolute Gasteiger partial charge is 0.390 e. The third-order valence-corrected chi connectivity index (χ3v) is 4.33. The third kappa shape index (κ3) is 5.11. The number of hydrogen-bond acceptors (Lipinski definition) is 3. The lowest BCUT2D eigenvalue weighted by Crippen LogP contribution is -2.56. The van der Waals surface area contributed by atoms with Crippen LogP contribution in [0.5, 0.6) is 0 Å². The van der Waals surface area contributed by atoms with Gasteiger partial charge in [0.15, 0.2) is 0 Å². The minimum absolute atomic E-state index is 0.0621. The van der Waals surface area contributed by atoms with Crippen LogP contribution in [0.15, 0.2) is 30.3 Å². The minimum atomic E-state index is -0.969. The summed E-state index contributed by atoms with van der Waals surface area (Å²) in [6.07, 6.45) is 2.87. The molecular weight excluding hydrogens is 276 g/mol. The van der Waals surface area contributed by atoms with Crippen molar-refractivity contribution in [3.05, 3.63) is 35.9 Å². The first-order valence-electron chi connectivity index (χ1n) is 8.04. The molecule has 1 fully saturated rings. The molecular formula is C18H28N2O2. The van der Waals surface area contributed by atoms with Gasteiger partial charge in [-0.3, -0.25) is 4.79 Å². The van der Waals surface area contributed by atoms with Crippen molar-refractivity contribution in [1.82, 2.24) is 10.2 Å². The van der Waals surface area contributed by atoms with E-state index in [4.69, 9.17) is 0 Å². The summed E-state index contributed by atoms with van der Waals surface area (Å²) in [6.45, 7) is 5.31. The number of benzene rings is 1. The lowest BCUT2D eigenvalue weighted by molar-refractivity contribution is -0.127. The van der Waals surface area contributed by atoms with E-state index in [0.29, 0.717) is 0 Å². The van der Waals surface area contributed by atoms with Gasteiger partial charge in [0.05, 0.1) is 12.0 Å². The summed E-state index contributed by atoms with van der Waals surface area (Å²) < 4.78 is 0. The Labute approximate surface area is 133 Å². The molecule has 1 aromatic rings. The number of hydrogen-bond donors (Lipinski definition) is 2. The highest BCUT2D eigenvalue weighted by Crippen LogP contribution is 2.26. The Morgan fingerprint density at radius 1 is 1.27 bits per heavy atom. The van der Waals surface area contributed by atoms with Crippen molar-refractivity contribution in [3.63, 3.8) is 0 Å². The summed E-state index contributed by atoms with van der Waals surface area (Å²) in [6, 6.07) is 10.3. The van der Waals surface area contributed by atoms with Gasteiger partial charge in [0.2, 0.25) is 5.91 Å². The Morgan fingerprint density at radius 2 is 1.86 bits per heavy atom. The number of carbonyl (C=O) groups excluding carboxylic acids is 1. The molecule has 1 saturated heterocycles. The summed E-state index contributed by atoms with van der Waals surface area (Å²) in [5.41, 5.74) is 0.0789. The molecule has 22 heavy (non-hydrogen) atoms. The number of likely N-dealkylation sites (tertiary alicyclic amines) is 1. The van der Waals surface area contributed by atoms with Crippen LogP contribution in [0.1, 0.15) is 38.7 Å². The number of nitrogens with zero attached hydrogens (tertiary/aromatic N) is 1. The summed E-state index contributed by atoms with van der Waals surface area (Å²) in [4.78, 5) is 14.6. The second-order valence-corrected chi connectivity index (χ2v) is 7.28. The van der Waals surface area contributed by atoms with Crippen LogP contribution in [0.4, 0.5) is 0 Å². The van der Waals surface area contributed by atoms with E-state index in [2.05, 4.69) is 29.4 Å². The van der Waals surface area contributed by atoms with Crippen LogP contribution in [-0.2, 0) is 11.2 Å². The van der Waals surface area contributed by atoms with Crippen molar-refractivity contribution in [2.24, 2.45) is 0 Å². The monoisotopic (exact) mass is 304 g/mol. The molecule has 0 unspecified atom stereocenters. The van der Waals surface area contributed by atoms with Crippen molar-refractivity contribution >= 4 is 5.91 Å². The van der Waals surface area contributed by atoms with Gasteiger partial charge in [0, 0.05) is 18.6 Å². The van der Waals surface area contributed by atoms with Gasteiger partial charge in [-0.05, 0) is 45.7 Å². The predicted octanol–water partition coefficient (Wildman–Crippen LogP) is 1.97. The molecule has 0 aliphatic carbocycles. The molecule has 4 heteroatoms. The number of rotatable bonds is 5. The van der Waals surface area contributed by atoms with E-state index in [0.717, 1.165) is 32.4 Å². The molecule has 0 aromatic heterocycles. The first-order chi connectivity index (χ1) is 10.3. The van der Waals surface area contributed by atoms with E-state index < -0.39 is 5.60 Å². The molecule has 2 N–H and O–H groups in total. The fraction of sp³-hybridized carbons (Fsp3) is 0.611. The van der Waals surface area contributed by atoms with Crippen molar-refractivity contribution in [2.45, 2.75) is 50.7 Å². The van der Waals surface area contributed by atoms with Gasteiger partial charge in [-0.15, -0.1) is 0 Å². The van der Waals surface area contributed by atoms with Crippen LogP contribution in [0, 0.1) is 0 Å². The maximum absolute atomic E-state index is 12.3. The second-order valence-electron chi connectivity index (χ2n) is 7.28. The van der Waals surface area contributed by atoms with Crippen LogP contribution in [-0.4, -0.2) is 47.2 Å². The zero-order chi connectivity index (χ0) is 16.2. The van der Waals surface area contributed by atoms with Gasteiger partial charge in [-0.25, -0.2) is 0 Å². The fourth-order valence-corrected chi connectivity index (χ4v) is 3.11. The summed E-state index contributed by atoms with van der Waals surface area (Å²) >= 11 is 0. The number of aliphatic hydroxyl groups is 1. The molecule has 2 rings (SSSR count). The van der Waals surface area contributed by atoms with Crippen LogP contribution in [0.2, 0.25) is 0 Å². The summed E-state index contributed by atoms with van der Waals surface area (Å²) in [5.74, 6) is -0.0621. The van der Waals surface area contributed by atoms with Crippen LogP contribution in [0.25, 0.3) is 0 Å². The summed E-state index contributed by atoms with van der Waals surface area (Å²) in [7, 11) is 2.12. The highest BCUT2D eigenvalue weighted by molar-refractivity contribution is 5.77. The highest BCUT2D eigenvalue weighted by atomic mass is 16.3. The smallest absolute Gasteiger partial charge is 0.223 e. The minimum Gasteiger partial charge on any atom is -0.390 e. The van der Waals surface area contributed by atoms with E-state index in [1.165, 1.54) is 5.56 Å². The van der Waals surface area contributed by atoms with Crippen molar-refractivity contribution < 1.29 is 9.90 Å². The van der Waals surface area contributed by atoms with Crippen LogP contribution >= 0.6 is 0 Å². The standard InChI is InChI=1S/C18H28N2O2/c1-17(2,22)14-16(21)19-18(9-11-20(3)12-10-18)13-15-7-5-4-6-8-15/h4-8,22H,9-14H2,1-3H3,(H,19,21). The Balaban J connectivity index is 2.10. The lowest BCUT2D eigenvalue weighted by Gasteiger charge is -2.42. The highest BCUT2D eigenvalue weighted by Gasteiger charge is 2.36. The fourth-order valence-electron chi connectivity index (χ4n) is 3.11. The SMILES string of the molecule is CN1CCC(Cc2ccccc2)(NC(=O)CC(C)(C)O)CC1. The molecule has 1 aromatic carbocycles. The first-order valence-corrected chi connectivity index (χ1v) is 8.04. The van der Waals surface area contributed by atoms with Crippen molar-refractivity contribution in [2.75, 3.05) is 20.1 Å². The molecule has 4 nitrogen and oxygen atoms in total. The molecule has 0 bridgehead atoms. The predicted molar refractivity (Wildman–Crippen MR) is 88.7 cm³/mol. The molecule has 0 atom stereocenters. The lowest BCUT2D eigenvalue weighted by atomic mass is 9.81. The van der Waals surface area contributed by atoms with E-state index >= 15 is 0 Å². The molecule has 0 saturated carbocycles. The Bertz CT molecular complexity index is 486. The van der Waals surface area contributed by atoms with Gasteiger partial charge in [0.25, 0.3) is 0 Å². The van der Waals surface area contributed by atoms with Crippen LogP contribution in [0.3, 0.4) is 0 Å². The Hall–Kier alpha value is -1.39. The normalized spacial score (nSPS) is 18.9. The average Bonchev–Trinajstić information content (AvgIpc) is 2.41. The zero-order valence-electron chi connectivity index (χ0n) is 13.9. The molecule has 0 radical (unpaired) electrons. The van der Waals surface area contributed by atoms with Crippen molar-refractivity contribution in [3.8, 4) is 0 Å². The Kier molecular flexibility index (Phi) is 5.24. The molecule has 1 aliphatic rings. The van der Waals surface area contributed by atoms with E-state index in [1.54, 1.807) is 13.8 Å². The topological polar surface area (TPSA) is 52.6 Å². The van der Waals surface area contributed by atoms with Gasteiger partial charge in [-0.1, -0.05) is 30.3 Å². The van der Waals surface area contributed by atoms with Gasteiger partial charge in [0.1, 0.15) is 0 Å². The van der Waals surface area contributed by atoms with Gasteiger partial charge >= 0.3 is 0 Å². The molecule has 0 spiro atoms. The summed E-state index contributed by atoms with van der Waals surface area (Å²) in [5, 5.41) is 13.1. The first kappa shape index (κ1) is 17.0. The van der Waals surface area contributed by atoms with Gasteiger partial charge in [-0.2, -0.15) is 0 Å². The molecule has 1 amide bonds. The number of piperidine rings is 1. The number of amides is 1. The maximum Gasteiger partial charge on any atom is 0.223 e. The Morgan fingerprint density at radius 3 is 2.41 bits per heavy atom. The second kappa shape index (κ2) is 6.80. The third-order valence-electron chi connectivity index (χ3n) is 4.33. The van der Waals surface area contributed by atoms with Gasteiger partial charge < -0.3 is 15.3 Å². The quantitative estimate of drug-likeness (QED) is 0.874. The van der Waals surface area contributed by atoms with E-state index in [1.807, 2.05) is 18.2 Å². The average molecular weight is 304 g/mol. The van der Waals surface area contributed by atoms with E-state index in [-0.39, 0.29) is 17.9 Å². The van der Waals surface area contributed by atoms with Crippen LogP contribution < -0.4 is 5.32 Å². The maximum atomic E-state index is 12.3. The number of nitrogens with one attached hydrogen (secondary N) is 1. The molecule has 122 valence electrons. The van der Waals surface area contributed by atoms with E-state index in [9.17, 15) is 9.90 Å². The number of carbonyl (C=O) groups is 1. The van der Waals surface area contributed by atoms with Crippen molar-refractivity contribution in [1.29, 1.82) is 0 Å².